The predicted octanol–water partition coefficient (Wildman–Crippen LogP) is 3.35. The average molecular weight is 238 g/mol. The highest BCUT2D eigenvalue weighted by Crippen LogP contribution is 2.25. The minimum absolute atomic E-state index is 0.893. The molecular formula is C14H14N4. The van der Waals surface area contributed by atoms with Gasteiger partial charge in [-0.3, -0.25) is 0 Å². The lowest BCUT2D eigenvalue weighted by Gasteiger charge is -2.09. The van der Waals surface area contributed by atoms with Crippen LogP contribution < -0.4 is 10.6 Å². The van der Waals surface area contributed by atoms with Crippen molar-refractivity contribution in [3.63, 3.8) is 0 Å². The maximum Gasteiger partial charge on any atom is 0.139 e. The van der Waals surface area contributed by atoms with E-state index in [1.54, 1.807) is 6.20 Å². The van der Waals surface area contributed by atoms with E-state index in [-0.39, 0.29) is 0 Å². The molecule has 0 radical (unpaired) electrons. The predicted molar refractivity (Wildman–Crippen MR) is 75.4 cm³/mol. The number of nitrogens with zero attached hydrogens (tertiary/aromatic N) is 1. The van der Waals surface area contributed by atoms with Crippen molar-refractivity contribution >= 4 is 28.1 Å². The van der Waals surface area contributed by atoms with Crippen LogP contribution in [-0.4, -0.2) is 17.0 Å². The Bertz CT molecular complexity index is 672. The Hall–Kier alpha value is -2.49. The number of anilines is 3. The van der Waals surface area contributed by atoms with Crippen LogP contribution in [0, 0.1) is 0 Å². The van der Waals surface area contributed by atoms with E-state index >= 15 is 0 Å². The molecule has 1 aromatic carbocycles. The molecule has 3 N–H and O–H groups in total. The molecule has 18 heavy (non-hydrogen) atoms. The molecule has 0 amide bonds. The van der Waals surface area contributed by atoms with Crippen LogP contribution in [0.15, 0.2) is 48.8 Å². The van der Waals surface area contributed by atoms with Gasteiger partial charge in [0.05, 0.1) is 5.69 Å². The maximum atomic E-state index is 4.27. The summed E-state index contributed by atoms with van der Waals surface area (Å²) in [5, 5.41) is 7.62. The van der Waals surface area contributed by atoms with E-state index in [4.69, 9.17) is 0 Å². The average Bonchev–Trinajstić information content (AvgIpc) is 2.88. The topological polar surface area (TPSA) is 52.7 Å². The van der Waals surface area contributed by atoms with Gasteiger partial charge < -0.3 is 15.6 Å². The number of aromatic amines is 1. The van der Waals surface area contributed by atoms with Gasteiger partial charge in [-0.05, 0) is 30.3 Å². The molecule has 0 fully saturated rings. The van der Waals surface area contributed by atoms with E-state index in [1.807, 2.05) is 43.6 Å². The van der Waals surface area contributed by atoms with Crippen LogP contribution >= 0.6 is 0 Å². The lowest BCUT2D eigenvalue weighted by Crippen LogP contribution is -1.93. The van der Waals surface area contributed by atoms with Crippen LogP contribution in [0.2, 0.25) is 0 Å². The molecule has 2 heterocycles. The second-order valence-corrected chi connectivity index (χ2v) is 4.05. The molecule has 0 aliphatic rings. The van der Waals surface area contributed by atoms with Crippen molar-refractivity contribution in [2.45, 2.75) is 0 Å². The van der Waals surface area contributed by atoms with Gasteiger partial charge in [0.15, 0.2) is 0 Å². The Kier molecular flexibility index (Phi) is 2.61. The molecule has 0 aliphatic carbocycles. The molecule has 3 aromatic rings. The number of aromatic nitrogens is 2. The van der Waals surface area contributed by atoms with Gasteiger partial charge in [0.1, 0.15) is 5.65 Å². The summed E-state index contributed by atoms with van der Waals surface area (Å²) in [6.07, 6.45) is 3.69. The SMILES string of the molecule is CNc1cccc(Nc2ccnc3[nH]ccc23)c1. The summed E-state index contributed by atoms with van der Waals surface area (Å²) in [4.78, 5) is 7.37. The third-order valence-corrected chi connectivity index (χ3v) is 2.89. The Morgan fingerprint density at radius 2 is 2.00 bits per heavy atom. The highest BCUT2D eigenvalue weighted by atomic mass is 14.9. The summed E-state index contributed by atoms with van der Waals surface area (Å²) < 4.78 is 0. The molecule has 0 saturated heterocycles. The van der Waals surface area contributed by atoms with Crippen LogP contribution in [0.5, 0.6) is 0 Å². The molecule has 2 aromatic heterocycles. The van der Waals surface area contributed by atoms with Gasteiger partial charge in [-0.25, -0.2) is 4.98 Å². The minimum Gasteiger partial charge on any atom is -0.388 e. The quantitative estimate of drug-likeness (QED) is 0.656. The smallest absolute Gasteiger partial charge is 0.139 e. The summed E-state index contributed by atoms with van der Waals surface area (Å²) in [6.45, 7) is 0. The monoisotopic (exact) mass is 238 g/mol. The second-order valence-electron chi connectivity index (χ2n) is 4.05. The Morgan fingerprint density at radius 1 is 1.11 bits per heavy atom. The number of H-pyrrole nitrogens is 1. The standard InChI is InChI=1S/C14H14N4/c1-15-10-3-2-4-11(9-10)18-13-6-8-17-14-12(13)5-7-16-14/h2-9,15H,1H3,(H2,16,17,18). The van der Waals surface area contributed by atoms with Gasteiger partial charge >= 0.3 is 0 Å². The molecule has 0 bridgehead atoms. The first-order valence-electron chi connectivity index (χ1n) is 5.84. The van der Waals surface area contributed by atoms with Gasteiger partial charge in [-0.1, -0.05) is 6.07 Å². The van der Waals surface area contributed by atoms with E-state index in [0.717, 1.165) is 28.1 Å². The molecule has 0 atom stereocenters. The van der Waals surface area contributed by atoms with Gasteiger partial charge in [-0.2, -0.15) is 0 Å². The summed E-state index contributed by atoms with van der Waals surface area (Å²) in [5.74, 6) is 0. The highest BCUT2D eigenvalue weighted by molar-refractivity contribution is 5.91. The lowest BCUT2D eigenvalue weighted by atomic mass is 10.2. The fourth-order valence-electron chi connectivity index (χ4n) is 1.98. The normalized spacial score (nSPS) is 10.5. The number of hydrogen-bond donors (Lipinski definition) is 3. The first kappa shape index (κ1) is 10.7. The van der Waals surface area contributed by atoms with Crippen molar-refractivity contribution in [1.29, 1.82) is 0 Å². The van der Waals surface area contributed by atoms with Crippen LogP contribution in [0.3, 0.4) is 0 Å². The second kappa shape index (κ2) is 4.41. The van der Waals surface area contributed by atoms with Crippen LogP contribution in [-0.2, 0) is 0 Å². The molecule has 3 rings (SSSR count). The largest absolute Gasteiger partial charge is 0.388 e. The third-order valence-electron chi connectivity index (χ3n) is 2.89. The molecule has 0 saturated carbocycles. The van der Waals surface area contributed by atoms with E-state index < -0.39 is 0 Å². The van der Waals surface area contributed by atoms with Crippen LogP contribution in [0.4, 0.5) is 17.1 Å². The zero-order valence-corrected chi connectivity index (χ0v) is 10.1. The number of fused-ring (bicyclic) bond motifs is 1. The van der Waals surface area contributed by atoms with Crippen molar-refractivity contribution in [2.24, 2.45) is 0 Å². The minimum atomic E-state index is 0.893. The molecule has 90 valence electrons. The number of rotatable bonds is 3. The summed E-state index contributed by atoms with van der Waals surface area (Å²) in [6, 6.07) is 12.2. The van der Waals surface area contributed by atoms with Gasteiger partial charge in [0, 0.05) is 36.2 Å². The fourth-order valence-corrected chi connectivity index (χ4v) is 1.98. The fraction of sp³-hybridized carbons (Fsp3) is 0.0714. The molecule has 0 aliphatic heterocycles. The summed E-state index contributed by atoms with van der Waals surface area (Å²) in [5.41, 5.74) is 4.08. The van der Waals surface area contributed by atoms with Crippen molar-refractivity contribution < 1.29 is 0 Å². The van der Waals surface area contributed by atoms with Crippen molar-refractivity contribution in [1.82, 2.24) is 9.97 Å². The van der Waals surface area contributed by atoms with Crippen LogP contribution in [0.1, 0.15) is 0 Å². The van der Waals surface area contributed by atoms with E-state index in [9.17, 15) is 0 Å². The molecule has 4 heteroatoms. The van der Waals surface area contributed by atoms with Gasteiger partial charge in [-0.15, -0.1) is 0 Å². The molecular weight excluding hydrogens is 224 g/mol. The molecule has 0 spiro atoms. The summed E-state index contributed by atoms with van der Waals surface area (Å²) >= 11 is 0. The zero-order chi connectivity index (χ0) is 12.4. The third kappa shape index (κ3) is 1.88. The maximum absolute atomic E-state index is 4.27. The Labute approximate surface area is 105 Å². The van der Waals surface area contributed by atoms with Crippen molar-refractivity contribution in [3.05, 3.63) is 48.8 Å². The Morgan fingerprint density at radius 3 is 2.89 bits per heavy atom. The molecule has 0 unspecified atom stereocenters. The number of nitrogens with one attached hydrogen (secondary N) is 3. The van der Waals surface area contributed by atoms with Gasteiger partial charge in [0.2, 0.25) is 0 Å². The molecule has 4 nitrogen and oxygen atoms in total. The summed E-state index contributed by atoms with van der Waals surface area (Å²) in [7, 11) is 1.91. The first-order chi connectivity index (χ1) is 8.86. The van der Waals surface area contributed by atoms with E-state index in [2.05, 4.69) is 26.7 Å². The van der Waals surface area contributed by atoms with Crippen LogP contribution in [0.25, 0.3) is 11.0 Å². The zero-order valence-electron chi connectivity index (χ0n) is 10.1. The lowest BCUT2D eigenvalue weighted by molar-refractivity contribution is 1.32. The van der Waals surface area contributed by atoms with Gasteiger partial charge in [0.25, 0.3) is 0 Å². The highest BCUT2D eigenvalue weighted by Gasteiger charge is 2.03. The van der Waals surface area contributed by atoms with E-state index in [1.165, 1.54) is 0 Å². The van der Waals surface area contributed by atoms with Crippen molar-refractivity contribution in [2.75, 3.05) is 17.7 Å². The number of hydrogen-bond acceptors (Lipinski definition) is 3. The Balaban J connectivity index is 1.98. The number of pyridine rings is 1. The number of benzene rings is 1. The first-order valence-corrected chi connectivity index (χ1v) is 5.84. The van der Waals surface area contributed by atoms with E-state index in [0.29, 0.717) is 0 Å². The van der Waals surface area contributed by atoms with Crippen molar-refractivity contribution in [3.8, 4) is 0 Å².